The van der Waals surface area contributed by atoms with Gasteiger partial charge in [-0.1, -0.05) is 32.9 Å². The molecule has 0 saturated carbocycles. The van der Waals surface area contributed by atoms with Crippen LogP contribution in [-0.4, -0.2) is 5.91 Å². The van der Waals surface area contributed by atoms with E-state index in [2.05, 4.69) is 55.7 Å². The Kier molecular flexibility index (Phi) is 4.68. The van der Waals surface area contributed by atoms with Crippen LogP contribution < -0.4 is 10.6 Å². The maximum absolute atomic E-state index is 11.1. The Balaban J connectivity index is 2.00. The van der Waals surface area contributed by atoms with Crippen molar-refractivity contribution >= 4 is 28.6 Å². The Hall–Kier alpha value is -1.81. The molecule has 3 nitrogen and oxygen atoms in total. The Bertz CT molecular complexity index is 608. The highest BCUT2D eigenvalue weighted by atomic mass is 32.1. The van der Waals surface area contributed by atoms with Crippen LogP contribution in [0.5, 0.6) is 0 Å². The number of amides is 1. The van der Waals surface area contributed by atoms with Crippen molar-refractivity contribution in [3.63, 3.8) is 0 Å². The minimum absolute atomic E-state index is 0.0378. The first-order valence-corrected chi connectivity index (χ1v) is 7.92. The van der Waals surface area contributed by atoms with E-state index in [1.807, 2.05) is 11.4 Å². The second-order valence-electron chi connectivity index (χ2n) is 6.12. The highest BCUT2D eigenvalue weighted by Crippen LogP contribution is 2.26. The van der Waals surface area contributed by atoms with E-state index >= 15 is 0 Å². The highest BCUT2D eigenvalue weighted by molar-refractivity contribution is 7.10. The lowest BCUT2D eigenvalue weighted by atomic mass is 9.87. The second kappa shape index (κ2) is 6.31. The molecule has 2 aromatic rings. The Morgan fingerprint density at radius 1 is 1.14 bits per heavy atom. The molecule has 21 heavy (non-hydrogen) atoms. The molecule has 1 aromatic carbocycles. The van der Waals surface area contributed by atoms with Crippen LogP contribution >= 0.6 is 11.3 Å². The number of carbonyl (C=O) groups excluding carboxylic acids is 1. The molecule has 0 fully saturated rings. The van der Waals surface area contributed by atoms with E-state index in [0.717, 1.165) is 16.3 Å². The zero-order chi connectivity index (χ0) is 15.5. The summed E-state index contributed by atoms with van der Waals surface area (Å²) in [7, 11) is 0. The minimum atomic E-state index is -0.0378. The van der Waals surface area contributed by atoms with Gasteiger partial charge >= 0.3 is 0 Å². The molecule has 112 valence electrons. The Morgan fingerprint density at radius 3 is 2.38 bits per heavy atom. The molecule has 1 amide bonds. The van der Waals surface area contributed by atoms with Crippen LogP contribution in [0, 0.1) is 0 Å². The van der Waals surface area contributed by atoms with Crippen molar-refractivity contribution in [3.8, 4) is 0 Å². The van der Waals surface area contributed by atoms with Crippen molar-refractivity contribution < 1.29 is 4.79 Å². The van der Waals surface area contributed by atoms with Crippen LogP contribution in [0.25, 0.3) is 0 Å². The zero-order valence-electron chi connectivity index (χ0n) is 13.0. The molecule has 0 bridgehead atoms. The molecule has 0 unspecified atom stereocenters. The minimum Gasteiger partial charge on any atom is -0.380 e. The van der Waals surface area contributed by atoms with Crippen molar-refractivity contribution in [1.82, 2.24) is 0 Å². The third kappa shape index (κ3) is 4.33. The molecule has 2 rings (SSSR count). The van der Waals surface area contributed by atoms with E-state index in [9.17, 15) is 4.79 Å². The predicted molar refractivity (Wildman–Crippen MR) is 91.1 cm³/mol. The lowest BCUT2D eigenvalue weighted by Gasteiger charge is -2.19. The van der Waals surface area contributed by atoms with Gasteiger partial charge < -0.3 is 10.6 Å². The predicted octanol–water partition coefficient (Wildman–Crippen LogP) is 4.62. The maximum Gasteiger partial charge on any atom is 0.221 e. The summed E-state index contributed by atoms with van der Waals surface area (Å²) in [6, 6.07) is 10.5. The monoisotopic (exact) mass is 302 g/mol. The molecule has 1 aromatic heterocycles. The van der Waals surface area contributed by atoms with Gasteiger partial charge in [0.1, 0.15) is 0 Å². The third-order valence-corrected chi connectivity index (χ3v) is 4.18. The SMILES string of the molecule is CC(=O)Nc1ccsc1CNc1ccc(C(C)(C)C)cc1. The van der Waals surface area contributed by atoms with Crippen LogP contribution in [0.15, 0.2) is 35.7 Å². The summed E-state index contributed by atoms with van der Waals surface area (Å²) >= 11 is 1.64. The number of hydrogen-bond acceptors (Lipinski definition) is 3. The molecule has 1 heterocycles. The van der Waals surface area contributed by atoms with Gasteiger partial charge in [-0.2, -0.15) is 0 Å². The number of rotatable bonds is 4. The van der Waals surface area contributed by atoms with Gasteiger partial charge in [-0.15, -0.1) is 11.3 Å². The van der Waals surface area contributed by atoms with E-state index in [1.165, 1.54) is 12.5 Å². The second-order valence-corrected chi connectivity index (χ2v) is 7.12. The van der Waals surface area contributed by atoms with Crippen LogP contribution in [0.3, 0.4) is 0 Å². The summed E-state index contributed by atoms with van der Waals surface area (Å²) in [4.78, 5) is 12.3. The molecule has 0 aliphatic heterocycles. The lowest BCUT2D eigenvalue weighted by Crippen LogP contribution is -2.11. The first kappa shape index (κ1) is 15.6. The summed E-state index contributed by atoms with van der Waals surface area (Å²) in [6.45, 7) is 8.87. The molecular weight excluding hydrogens is 280 g/mol. The van der Waals surface area contributed by atoms with Crippen molar-refractivity contribution in [2.75, 3.05) is 10.6 Å². The summed E-state index contributed by atoms with van der Waals surface area (Å²) < 4.78 is 0. The van der Waals surface area contributed by atoms with Crippen LogP contribution in [0.4, 0.5) is 11.4 Å². The average molecular weight is 302 g/mol. The summed E-state index contributed by atoms with van der Waals surface area (Å²) in [6.07, 6.45) is 0. The van der Waals surface area contributed by atoms with Gasteiger partial charge in [0, 0.05) is 17.5 Å². The number of hydrogen-bond donors (Lipinski definition) is 2. The van der Waals surface area contributed by atoms with E-state index < -0.39 is 0 Å². The lowest BCUT2D eigenvalue weighted by molar-refractivity contribution is -0.114. The van der Waals surface area contributed by atoms with Gasteiger partial charge in [0.25, 0.3) is 0 Å². The van der Waals surface area contributed by atoms with Gasteiger partial charge in [0.2, 0.25) is 5.91 Å². The first-order valence-electron chi connectivity index (χ1n) is 7.04. The van der Waals surface area contributed by atoms with Crippen LogP contribution in [0.1, 0.15) is 38.1 Å². The molecular formula is C17H22N2OS. The van der Waals surface area contributed by atoms with Gasteiger partial charge in [-0.25, -0.2) is 0 Å². The molecule has 0 radical (unpaired) electrons. The normalized spacial score (nSPS) is 11.2. The quantitative estimate of drug-likeness (QED) is 0.865. The van der Waals surface area contributed by atoms with Crippen molar-refractivity contribution in [3.05, 3.63) is 46.2 Å². The van der Waals surface area contributed by atoms with E-state index in [0.29, 0.717) is 6.54 Å². The fourth-order valence-corrected chi connectivity index (χ4v) is 2.82. The van der Waals surface area contributed by atoms with Gasteiger partial charge in [0.15, 0.2) is 0 Å². The average Bonchev–Trinajstić information content (AvgIpc) is 2.82. The highest BCUT2D eigenvalue weighted by Gasteiger charge is 2.12. The molecule has 2 N–H and O–H groups in total. The van der Waals surface area contributed by atoms with Gasteiger partial charge in [-0.3, -0.25) is 4.79 Å². The standard InChI is InChI=1S/C17H22N2OS/c1-12(20)19-15-9-10-21-16(15)11-18-14-7-5-13(6-8-14)17(2,3)4/h5-10,18H,11H2,1-4H3,(H,19,20). The number of thiophene rings is 1. The zero-order valence-corrected chi connectivity index (χ0v) is 13.8. The molecule has 4 heteroatoms. The number of carbonyl (C=O) groups is 1. The molecule has 0 spiro atoms. The molecule has 0 saturated heterocycles. The van der Waals surface area contributed by atoms with Crippen molar-refractivity contribution in [2.45, 2.75) is 39.7 Å². The fraction of sp³-hybridized carbons (Fsp3) is 0.353. The summed E-state index contributed by atoms with van der Waals surface area (Å²) in [5.41, 5.74) is 3.48. The number of benzene rings is 1. The Morgan fingerprint density at radius 2 is 1.81 bits per heavy atom. The smallest absolute Gasteiger partial charge is 0.221 e. The number of nitrogens with one attached hydrogen (secondary N) is 2. The van der Waals surface area contributed by atoms with Crippen LogP contribution in [-0.2, 0) is 16.8 Å². The fourth-order valence-electron chi connectivity index (χ4n) is 2.05. The van der Waals surface area contributed by atoms with Crippen molar-refractivity contribution in [2.24, 2.45) is 0 Å². The maximum atomic E-state index is 11.1. The largest absolute Gasteiger partial charge is 0.380 e. The summed E-state index contributed by atoms with van der Waals surface area (Å²) in [5, 5.41) is 8.24. The van der Waals surface area contributed by atoms with E-state index in [1.54, 1.807) is 11.3 Å². The first-order chi connectivity index (χ1) is 9.86. The molecule has 0 aliphatic carbocycles. The number of anilines is 2. The molecule has 0 aliphatic rings. The van der Waals surface area contributed by atoms with E-state index in [-0.39, 0.29) is 11.3 Å². The summed E-state index contributed by atoms with van der Waals surface area (Å²) in [5.74, 6) is -0.0378. The third-order valence-electron chi connectivity index (χ3n) is 3.26. The van der Waals surface area contributed by atoms with Gasteiger partial charge in [-0.05, 0) is 34.6 Å². The molecule has 0 atom stereocenters. The van der Waals surface area contributed by atoms with Gasteiger partial charge in [0.05, 0.1) is 12.2 Å². The van der Waals surface area contributed by atoms with E-state index in [4.69, 9.17) is 0 Å². The van der Waals surface area contributed by atoms with Crippen LogP contribution in [0.2, 0.25) is 0 Å². The van der Waals surface area contributed by atoms with Crippen molar-refractivity contribution in [1.29, 1.82) is 0 Å². The topological polar surface area (TPSA) is 41.1 Å². The Labute approximate surface area is 130 Å².